The number of amides is 1. The Morgan fingerprint density at radius 2 is 1.52 bits per heavy atom. The maximum Gasteiger partial charge on any atom is 0.255 e. The molecule has 0 spiro atoms. The quantitative estimate of drug-likeness (QED) is 0.537. The lowest BCUT2D eigenvalue weighted by Gasteiger charge is -2.11. The zero-order valence-electron chi connectivity index (χ0n) is 15.3. The third-order valence-electron chi connectivity index (χ3n) is 3.63. The van der Waals surface area contributed by atoms with Crippen LogP contribution >= 0.6 is 0 Å². The zero-order valence-corrected chi connectivity index (χ0v) is 15.3. The van der Waals surface area contributed by atoms with Gasteiger partial charge in [0.05, 0.1) is 17.5 Å². The summed E-state index contributed by atoms with van der Waals surface area (Å²) >= 11 is 0. The molecule has 0 heterocycles. The highest BCUT2D eigenvalue weighted by Gasteiger charge is 2.08. The molecule has 0 saturated carbocycles. The van der Waals surface area contributed by atoms with E-state index >= 15 is 0 Å². The van der Waals surface area contributed by atoms with Crippen LogP contribution in [0.5, 0.6) is 5.75 Å². The van der Waals surface area contributed by atoms with Gasteiger partial charge in [-0.3, -0.25) is 4.79 Å². The Hall–Kier alpha value is -3.47. The predicted octanol–water partition coefficient (Wildman–Crippen LogP) is 6.14. The molecule has 3 aromatic rings. The molecule has 136 valence electrons. The van der Waals surface area contributed by atoms with Crippen LogP contribution < -0.4 is 10.1 Å². The van der Waals surface area contributed by atoms with Crippen molar-refractivity contribution in [1.82, 2.24) is 0 Å². The van der Waals surface area contributed by atoms with Gasteiger partial charge in [-0.05, 0) is 68.4 Å². The van der Waals surface area contributed by atoms with Crippen LogP contribution in [0.25, 0.3) is 0 Å². The fourth-order valence-electron chi connectivity index (χ4n) is 2.41. The number of carbonyl (C=O) groups is 1. The van der Waals surface area contributed by atoms with E-state index in [1.165, 1.54) is 0 Å². The molecule has 1 N–H and O–H groups in total. The molecule has 0 saturated heterocycles. The highest BCUT2D eigenvalue weighted by Crippen LogP contribution is 2.21. The van der Waals surface area contributed by atoms with Gasteiger partial charge in [0.2, 0.25) is 0 Å². The molecule has 0 aliphatic rings. The van der Waals surface area contributed by atoms with E-state index < -0.39 is 0 Å². The largest absolute Gasteiger partial charge is 0.491 e. The summed E-state index contributed by atoms with van der Waals surface area (Å²) in [5.41, 5.74) is 2.73. The van der Waals surface area contributed by atoms with E-state index in [0.29, 0.717) is 22.7 Å². The van der Waals surface area contributed by atoms with E-state index in [0.717, 1.165) is 5.69 Å². The molecule has 0 radical (unpaired) electrons. The monoisotopic (exact) mass is 359 g/mol. The van der Waals surface area contributed by atoms with Crippen LogP contribution in [0.3, 0.4) is 0 Å². The fraction of sp³-hybridized carbons (Fsp3) is 0.136. The van der Waals surface area contributed by atoms with E-state index in [4.69, 9.17) is 4.74 Å². The van der Waals surface area contributed by atoms with Crippen molar-refractivity contribution in [1.29, 1.82) is 0 Å². The molecule has 0 aliphatic carbocycles. The number of benzene rings is 3. The highest BCUT2D eigenvalue weighted by molar-refractivity contribution is 6.04. The second-order valence-electron chi connectivity index (χ2n) is 6.23. The van der Waals surface area contributed by atoms with Gasteiger partial charge >= 0.3 is 0 Å². The van der Waals surface area contributed by atoms with Crippen molar-refractivity contribution in [3.63, 3.8) is 0 Å². The first-order chi connectivity index (χ1) is 13.1. The molecule has 3 rings (SSSR count). The van der Waals surface area contributed by atoms with Gasteiger partial charge in [0, 0.05) is 11.3 Å². The Labute approximate surface area is 158 Å². The van der Waals surface area contributed by atoms with Crippen LogP contribution in [0.2, 0.25) is 0 Å². The smallest absolute Gasteiger partial charge is 0.255 e. The average molecular weight is 359 g/mol. The number of carbonyl (C=O) groups excluding carboxylic acids is 1. The van der Waals surface area contributed by atoms with E-state index in [9.17, 15) is 4.79 Å². The van der Waals surface area contributed by atoms with Gasteiger partial charge < -0.3 is 10.1 Å². The summed E-state index contributed by atoms with van der Waals surface area (Å²) in [5.74, 6) is 0.484. The Bertz CT molecular complexity index is 920. The molecule has 0 bridgehead atoms. The topological polar surface area (TPSA) is 63.0 Å². The number of azo groups is 1. The molecule has 5 heteroatoms. The van der Waals surface area contributed by atoms with E-state index in [1.807, 2.05) is 50.2 Å². The lowest BCUT2D eigenvalue weighted by atomic mass is 10.2. The van der Waals surface area contributed by atoms with Crippen molar-refractivity contribution in [2.75, 3.05) is 5.32 Å². The first-order valence-electron chi connectivity index (χ1n) is 8.75. The molecule has 1 amide bonds. The fourth-order valence-corrected chi connectivity index (χ4v) is 2.41. The van der Waals surface area contributed by atoms with E-state index in [-0.39, 0.29) is 12.0 Å². The van der Waals surface area contributed by atoms with Crippen LogP contribution in [0.15, 0.2) is 89.1 Å². The maximum absolute atomic E-state index is 12.4. The molecular weight excluding hydrogens is 338 g/mol. The standard InChI is InChI=1S/C22H21N3O2/c1-16(2)27-21-10-6-7-17(15-21)22(26)23-18-11-13-20(14-12-18)25-24-19-8-4-3-5-9-19/h3-16H,1-2H3,(H,23,26). The summed E-state index contributed by atoms with van der Waals surface area (Å²) in [6.45, 7) is 3.90. The number of hydrogen-bond acceptors (Lipinski definition) is 4. The maximum atomic E-state index is 12.4. The SMILES string of the molecule is CC(C)Oc1cccc(C(=O)Nc2ccc(N=Nc3ccccc3)cc2)c1. The molecular formula is C22H21N3O2. The lowest BCUT2D eigenvalue weighted by Crippen LogP contribution is -2.12. The van der Waals surface area contributed by atoms with Crippen molar-refractivity contribution < 1.29 is 9.53 Å². The van der Waals surface area contributed by atoms with Gasteiger partial charge in [-0.2, -0.15) is 10.2 Å². The Kier molecular flexibility index (Phi) is 5.94. The average Bonchev–Trinajstić information content (AvgIpc) is 2.68. The van der Waals surface area contributed by atoms with E-state index in [1.54, 1.807) is 42.5 Å². The number of nitrogens with zero attached hydrogens (tertiary/aromatic N) is 2. The summed E-state index contributed by atoms with van der Waals surface area (Å²) in [6, 6.07) is 23.9. The van der Waals surface area contributed by atoms with Gasteiger partial charge in [0.15, 0.2) is 0 Å². The molecule has 27 heavy (non-hydrogen) atoms. The van der Waals surface area contributed by atoms with Crippen LogP contribution in [0.1, 0.15) is 24.2 Å². The molecule has 0 fully saturated rings. The molecule has 0 unspecified atom stereocenters. The zero-order chi connectivity index (χ0) is 19.1. The van der Waals surface area contributed by atoms with Crippen molar-refractivity contribution in [3.05, 3.63) is 84.4 Å². The first-order valence-corrected chi connectivity index (χ1v) is 8.75. The van der Waals surface area contributed by atoms with Crippen LogP contribution in [0, 0.1) is 0 Å². The van der Waals surface area contributed by atoms with Crippen molar-refractivity contribution in [3.8, 4) is 5.75 Å². The van der Waals surface area contributed by atoms with Gasteiger partial charge in [0.1, 0.15) is 5.75 Å². The van der Waals surface area contributed by atoms with Crippen molar-refractivity contribution >= 4 is 23.0 Å². The first kappa shape index (κ1) is 18.3. The summed E-state index contributed by atoms with van der Waals surface area (Å²) in [5, 5.41) is 11.2. The third kappa shape index (κ3) is 5.51. The van der Waals surface area contributed by atoms with E-state index in [2.05, 4.69) is 15.5 Å². The number of nitrogens with one attached hydrogen (secondary N) is 1. The predicted molar refractivity (Wildman–Crippen MR) is 107 cm³/mol. The minimum atomic E-state index is -0.192. The normalized spacial score (nSPS) is 10.9. The second kappa shape index (κ2) is 8.76. The minimum absolute atomic E-state index is 0.0564. The number of hydrogen-bond donors (Lipinski definition) is 1. The second-order valence-corrected chi connectivity index (χ2v) is 6.23. The summed E-state index contributed by atoms with van der Waals surface area (Å²) in [7, 11) is 0. The molecule has 0 aromatic heterocycles. The summed E-state index contributed by atoms with van der Waals surface area (Å²) < 4.78 is 5.63. The van der Waals surface area contributed by atoms with Gasteiger partial charge in [0.25, 0.3) is 5.91 Å². The van der Waals surface area contributed by atoms with Gasteiger partial charge in [-0.15, -0.1) is 0 Å². The molecule has 5 nitrogen and oxygen atoms in total. The lowest BCUT2D eigenvalue weighted by molar-refractivity contribution is 0.102. The molecule has 0 aliphatic heterocycles. The highest BCUT2D eigenvalue weighted by atomic mass is 16.5. The Balaban J connectivity index is 1.64. The summed E-state index contributed by atoms with van der Waals surface area (Å²) in [6.07, 6.45) is 0.0564. The third-order valence-corrected chi connectivity index (χ3v) is 3.63. The number of ether oxygens (including phenoxy) is 1. The molecule has 0 atom stereocenters. The summed E-state index contributed by atoms with van der Waals surface area (Å²) in [4.78, 5) is 12.4. The van der Waals surface area contributed by atoms with Crippen LogP contribution in [-0.4, -0.2) is 12.0 Å². The van der Waals surface area contributed by atoms with Gasteiger partial charge in [-0.25, -0.2) is 0 Å². The minimum Gasteiger partial charge on any atom is -0.491 e. The van der Waals surface area contributed by atoms with Crippen molar-refractivity contribution in [2.24, 2.45) is 10.2 Å². The van der Waals surface area contributed by atoms with Gasteiger partial charge in [-0.1, -0.05) is 24.3 Å². The number of rotatable bonds is 6. The van der Waals surface area contributed by atoms with Crippen molar-refractivity contribution in [2.45, 2.75) is 20.0 Å². The Morgan fingerprint density at radius 1 is 0.852 bits per heavy atom. The Morgan fingerprint density at radius 3 is 2.19 bits per heavy atom. The number of anilines is 1. The van der Waals surface area contributed by atoms with Crippen LogP contribution in [0.4, 0.5) is 17.1 Å². The molecule has 3 aromatic carbocycles. The van der Waals surface area contributed by atoms with Crippen LogP contribution in [-0.2, 0) is 0 Å².